The maximum absolute atomic E-state index is 12.1. The standard InChI is InChI=1S/C19H20ClN5O3/c1-19(27)9-25(10-19)18(26)23-6-12-3-11-4-14(20)13(5-15(11)24-12)16-7-22-17(28-2)8-21-16/h3-5,7-8,24,27H,6,9-10H2,1-2H3,(H,23,26). The number of aromatic nitrogens is 3. The first kappa shape index (κ1) is 18.5. The van der Waals surface area contributed by atoms with Crippen molar-refractivity contribution in [3.63, 3.8) is 0 Å². The SMILES string of the molecule is COc1cnc(-c2cc3[nH]c(CNC(=O)N4CC(C)(O)C4)cc3cc2Cl)cn1. The molecule has 8 nitrogen and oxygen atoms in total. The van der Waals surface area contributed by atoms with Crippen molar-refractivity contribution in [3.8, 4) is 17.1 Å². The Morgan fingerprint density at radius 1 is 1.36 bits per heavy atom. The monoisotopic (exact) mass is 401 g/mol. The van der Waals surface area contributed by atoms with Gasteiger partial charge in [-0.05, 0) is 25.1 Å². The number of ether oxygens (including phenoxy) is 1. The third kappa shape index (κ3) is 3.61. The molecule has 1 aliphatic heterocycles. The fourth-order valence-corrected chi connectivity index (χ4v) is 3.54. The average Bonchev–Trinajstić information content (AvgIpc) is 3.05. The summed E-state index contributed by atoms with van der Waals surface area (Å²) >= 11 is 6.43. The number of aliphatic hydroxyl groups is 1. The lowest BCUT2D eigenvalue weighted by atomic mass is 9.98. The van der Waals surface area contributed by atoms with E-state index in [0.717, 1.165) is 22.2 Å². The van der Waals surface area contributed by atoms with Crippen LogP contribution in [0.2, 0.25) is 5.02 Å². The molecule has 0 bridgehead atoms. The molecular formula is C19H20ClN5O3. The highest BCUT2D eigenvalue weighted by Gasteiger charge is 2.39. The number of hydrogen-bond donors (Lipinski definition) is 3. The third-order valence-electron chi connectivity index (χ3n) is 4.66. The second-order valence-electron chi connectivity index (χ2n) is 7.17. The number of halogens is 1. The van der Waals surface area contributed by atoms with Crippen LogP contribution in [0.3, 0.4) is 0 Å². The Balaban J connectivity index is 1.50. The second kappa shape index (κ2) is 6.96. The third-order valence-corrected chi connectivity index (χ3v) is 4.97. The van der Waals surface area contributed by atoms with Crippen LogP contribution in [0.15, 0.2) is 30.6 Å². The van der Waals surface area contributed by atoms with Crippen LogP contribution in [-0.2, 0) is 6.54 Å². The topological polar surface area (TPSA) is 103 Å². The summed E-state index contributed by atoms with van der Waals surface area (Å²) in [7, 11) is 1.53. The van der Waals surface area contributed by atoms with Crippen molar-refractivity contribution in [1.29, 1.82) is 0 Å². The number of likely N-dealkylation sites (tertiary alicyclic amines) is 1. The zero-order valence-corrected chi connectivity index (χ0v) is 16.2. The van der Waals surface area contributed by atoms with Crippen LogP contribution in [0.1, 0.15) is 12.6 Å². The molecule has 0 atom stereocenters. The predicted octanol–water partition coefficient (Wildman–Crippen LogP) is 2.56. The summed E-state index contributed by atoms with van der Waals surface area (Å²) in [6.45, 7) is 2.74. The molecular weight excluding hydrogens is 382 g/mol. The number of urea groups is 1. The van der Waals surface area contributed by atoms with Gasteiger partial charge in [-0.2, -0.15) is 0 Å². The van der Waals surface area contributed by atoms with E-state index in [0.29, 0.717) is 36.2 Å². The Morgan fingerprint density at radius 3 is 2.79 bits per heavy atom. The van der Waals surface area contributed by atoms with Crippen LogP contribution in [0.25, 0.3) is 22.2 Å². The summed E-state index contributed by atoms with van der Waals surface area (Å²) in [5, 5.41) is 14.1. The number of benzene rings is 1. The summed E-state index contributed by atoms with van der Waals surface area (Å²) < 4.78 is 5.03. The first-order valence-electron chi connectivity index (χ1n) is 8.77. The molecule has 3 aromatic rings. The lowest BCUT2D eigenvalue weighted by Crippen LogP contribution is -2.63. The molecule has 0 aliphatic carbocycles. The van der Waals surface area contributed by atoms with Crippen LogP contribution in [-0.4, -0.2) is 56.8 Å². The van der Waals surface area contributed by atoms with Gasteiger partial charge < -0.3 is 25.0 Å². The smallest absolute Gasteiger partial charge is 0.317 e. The lowest BCUT2D eigenvalue weighted by molar-refractivity contribution is -0.0607. The molecule has 1 aromatic carbocycles. The number of carbonyl (C=O) groups is 1. The van der Waals surface area contributed by atoms with Crippen molar-refractivity contribution in [2.75, 3.05) is 20.2 Å². The first-order valence-corrected chi connectivity index (χ1v) is 9.15. The number of nitrogens with zero attached hydrogens (tertiary/aromatic N) is 3. The largest absolute Gasteiger partial charge is 0.480 e. The van der Waals surface area contributed by atoms with E-state index in [1.54, 1.807) is 24.2 Å². The molecule has 2 amide bonds. The lowest BCUT2D eigenvalue weighted by Gasteiger charge is -2.43. The van der Waals surface area contributed by atoms with E-state index in [1.165, 1.54) is 7.11 Å². The molecule has 3 heterocycles. The molecule has 0 saturated carbocycles. The van der Waals surface area contributed by atoms with E-state index < -0.39 is 5.60 Å². The van der Waals surface area contributed by atoms with Crippen LogP contribution in [0, 0.1) is 0 Å². The van der Waals surface area contributed by atoms with E-state index in [2.05, 4.69) is 20.3 Å². The molecule has 28 heavy (non-hydrogen) atoms. The number of fused-ring (bicyclic) bond motifs is 1. The van der Waals surface area contributed by atoms with Gasteiger partial charge in [0.2, 0.25) is 5.88 Å². The summed E-state index contributed by atoms with van der Waals surface area (Å²) in [6.07, 6.45) is 3.15. The van der Waals surface area contributed by atoms with Crippen molar-refractivity contribution in [3.05, 3.63) is 41.3 Å². The van der Waals surface area contributed by atoms with Crippen molar-refractivity contribution in [1.82, 2.24) is 25.2 Å². The molecule has 0 unspecified atom stereocenters. The summed E-state index contributed by atoms with van der Waals surface area (Å²) in [4.78, 5) is 25.4. The van der Waals surface area contributed by atoms with Gasteiger partial charge in [0.25, 0.3) is 0 Å². The minimum Gasteiger partial charge on any atom is -0.480 e. The molecule has 1 aliphatic rings. The Bertz CT molecular complexity index is 1020. The number of β-amino-alcohol motifs (C(OH)–C–C–N with tert-alkyl or cyclic N) is 1. The number of carbonyl (C=O) groups excluding carboxylic acids is 1. The number of methoxy groups -OCH3 is 1. The van der Waals surface area contributed by atoms with Gasteiger partial charge in [-0.25, -0.2) is 14.8 Å². The maximum atomic E-state index is 12.1. The normalized spacial score (nSPS) is 15.4. The Labute approximate surface area is 166 Å². The minimum atomic E-state index is -0.782. The van der Waals surface area contributed by atoms with Gasteiger partial charge in [-0.1, -0.05) is 11.6 Å². The van der Waals surface area contributed by atoms with Gasteiger partial charge in [-0.3, -0.25) is 0 Å². The average molecular weight is 402 g/mol. The summed E-state index contributed by atoms with van der Waals surface area (Å²) in [6, 6.07) is 5.51. The second-order valence-corrected chi connectivity index (χ2v) is 7.58. The van der Waals surface area contributed by atoms with Crippen molar-refractivity contribution in [2.24, 2.45) is 0 Å². The van der Waals surface area contributed by atoms with Crippen LogP contribution < -0.4 is 10.1 Å². The molecule has 2 aromatic heterocycles. The van der Waals surface area contributed by atoms with Crippen LogP contribution >= 0.6 is 11.6 Å². The van der Waals surface area contributed by atoms with Crippen molar-refractivity contribution in [2.45, 2.75) is 19.1 Å². The Kier molecular flexibility index (Phi) is 4.60. The van der Waals surface area contributed by atoms with Gasteiger partial charge in [0, 0.05) is 22.2 Å². The maximum Gasteiger partial charge on any atom is 0.317 e. The molecule has 1 fully saturated rings. The zero-order chi connectivity index (χ0) is 19.9. The van der Waals surface area contributed by atoms with Crippen LogP contribution in [0.5, 0.6) is 5.88 Å². The number of amides is 2. The van der Waals surface area contributed by atoms with E-state index in [4.69, 9.17) is 16.3 Å². The minimum absolute atomic E-state index is 0.197. The summed E-state index contributed by atoms with van der Waals surface area (Å²) in [5.74, 6) is 0.433. The van der Waals surface area contributed by atoms with E-state index in [-0.39, 0.29) is 6.03 Å². The number of aromatic amines is 1. The molecule has 0 spiro atoms. The molecule has 3 N–H and O–H groups in total. The predicted molar refractivity (Wildman–Crippen MR) is 105 cm³/mol. The number of nitrogens with one attached hydrogen (secondary N) is 2. The van der Waals surface area contributed by atoms with Crippen molar-refractivity contribution >= 4 is 28.5 Å². The van der Waals surface area contributed by atoms with Gasteiger partial charge in [-0.15, -0.1) is 0 Å². The quantitative estimate of drug-likeness (QED) is 0.623. The zero-order valence-electron chi connectivity index (χ0n) is 15.5. The fraction of sp³-hybridized carbons (Fsp3) is 0.316. The first-order chi connectivity index (χ1) is 13.3. The molecule has 0 radical (unpaired) electrons. The van der Waals surface area contributed by atoms with Gasteiger partial charge in [0.1, 0.15) is 0 Å². The molecule has 4 rings (SSSR count). The van der Waals surface area contributed by atoms with Gasteiger partial charge >= 0.3 is 6.03 Å². The Hall–Kier alpha value is -2.84. The number of rotatable bonds is 4. The summed E-state index contributed by atoms with van der Waals surface area (Å²) in [5.41, 5.74) is 2.35. The van der Waals surface area contributed by atoms with Gasteiger partial charge in [0.05, 0.1) is 55.5 Å². The highest BCUT2D eigenvalue weighted by atomic mass is 35.5. The highest BCUT2D eigenvalue weighted by molar-refractivity contribution is 6.34. The van der Waals surface area contributed by atoms with E-state index >= 15 is 0 Å². The fourth-order valence-electron chi connectivity index (χ4n) is 3.27. The van der Waals surface area contributed by atoms with Crippen LogP contribution in [0.4, 0.5) is 4.79 Å². The Morgan fingerprint density at radius 2 is 2.14 bits per heavy atom. The molecule has 9 heteroatoms. The number of H-pyrrole nitrogens is 1. The van der Waals surface area contributed by atoms with E-state index in [1.807, 2.05) is 18.2 Å². The van der Waals surface area contributed by atoms with Gasteiger partial charge in [0.15, 0.2) is 0 Å². The number of hydrogen-bond acceptors (Lipinski definition) is 5. The highest BCUT2D eigenvalue weighted by Crippen LogP contribution is 2.31. The van der Waals surface area contributed by atoms with Crippen molar-refractivity contribution < 1.29 is 14.6 Å². The molecule has 146 valence electrons. The van der Waals surface area contributed by atoms with E-state index in [9.17, 15) is 9.90 Å². The molecule has 1 saturated heterocycles.